The number of rotatable bonds is 5. The van der Waals surface area contributed by atoms with E-state index >= 15 is 0 Å². The van der Waals surface area contributed by atoms with Crippen LogP contribution in [0.1, 0.15) is 46.0 Å². The largest absolute Gasteiger partial charge is 0.395 e. The Morgan fingerprint density at radius 1 is 1.26 bits per heavy atom. The van der Waals surface area contributed by atoms with Gasteiger partial charge in [-0.2, -0.15) is 0 Å². The van der Waals surface area contributed by atoms with E-state index in [2.05, 4.69) is 10.2 Å². The summed E-state index contributed by atoms with van der Waals surface area (Å²) in [4.78, 5) is 43.1. The van der Waals surface area contributed by atoms with Crippen molar-refractivity contribution in [2.75, 3.05) is 39.3 Å². The Morgan fingerprint density at radius 3 is 2.56 bits per heavy atom. The zero-order valence-corrected chi connectivity index (χ0v) is 16.4. The van der Waals surface area contributed by atoms with Crippen LogP contribution in [0.5, 0.6) is 0 Å². The number of hydrogen-bond donors (Lipinski definition) is 2. The summed E-state index contributed by atoms with van der Waals surface area (Å²) in [5.41, 5.74) is -0.816. The summed E-state index contributed by atoms with van der Waals surface area (Å²) >= 11 is 0. The molecule has 3 atom stereocenters. The lowest BCUT2D eigenvalue weighted by atomic mass is 9.73. The minimum atomic E-state index is -0.816. The molecule has 0 radical (unpaired) electrons. The van der Waals surface area contributed by atoms with Gasteiger partial charge < -0.3 is 15.3 Å². The molecular weight excluding hydrogens is 348 g/mol. The molecule has 2 aliphatic heterocycles. The van der Waals surface area contributed by atoms with Gasteiger partial charge in [-0.25, -0.2) is 4.79 Å². The fourth-order valence-electron chi connectivity index (χ4n) is 4.71. The quantitative estimate of drug-likeness (QED) is 0.674. The summed E-state index contributed by atoms with van der Waals surface area (Å²) in [6.07, 6.45) is 4.43. The first kappa shape index (κ1) is 20.1. The maximum atomic E-state index is 13.0. The average molecular weight is 380 g/mol. The van der Waals surface area contributed by atoms with Gasteiger partial charge in [0.15, 0.2) is 0 Å². The van der Waals surface area contributed by atoms with E-state index in [9.17, 15) is 19.5 Å². The second-order valence-electron chi connectivity index (χ2n) is 8.10. The standard InChI is InChI=1S/C19H32N4O4/c1-3-15(13-24)21-8-10-22(11-9-21)16(25)12-23-17(26)19(20-18(23)27)7-5-4-6-14(19)2/h14-15,24H,3-13H2,1-2H3,(H,20,27)/t14-,15-,19-/m1/s1. The number of nitrogens with one attached hydrogen (secondary N) is 1. The van der Waals surface area contributed by atoms with E-state index in [1.807, 2.05) is 13.8 Å². The number of carbonyl (C=O) groups is 3. The maximum Gasteiger partial charge on any atom is 0.325 e. The van der Waals surface area contributed by atoms with Crippen molar-refractivity contribution in [3.63, 3.8) is 0 Å². The number of amides is 4. The Hall–Kier alpha value is -1.67. The molecule has 2 N–H and O–H groups in total. The van der Waals surface area contributed by atoms with Crippen LogP contribution in [0.2, 0.25) is 0 Å². The molecule has 27 heavy (non-hydrogen) atoms. The maximum absolute atomic E-state index is 13.0. The second-order valence-corrected chi connectivity index (χ2v) is 8.10. The number of aliphatic hydroxyl groups excluding tert-OH is 1. The van der Waals surface area contributed by atoms with Gasteiger partial charge in [-0.3, -0.25) is 19.4 Å². The number of aliphatic hydroxyl groups is 1. The van der Waals surface area contributed by atoms with Crippen molar-refractivity contribution in [1.82, 2.24) is 20.0 Å². The third-order valence-corrected chi connectivity index (χ3v) is 6.66. The van der Waals surface area contributed by atoms with Crippen LogP contribution in [-0.4, -0.2) is 88.6 Å². The molecule has 0 unspecified atom stereocenters. The first-order chi connectivity index (χ1) is 12.9. The van der Waals surface area contributed by atoms with E-state index in [-0.39, 0.29) is 36.9 Å². The molecule has 8 nitrogen and oxygen atoms in total. The number of piperazine rings is 1. The molecule has 2 saturated heterocycles. The minimum Gasteiger partial charge on any atom is -0.395 e. The van der Waals surface area contributed by atoms with E-state index in [4.69, 9.17) is 0 Å². The van der Waals surface area contributed by atoms with Crippen LogP contribution in [0.15, 0.2) is 0 Å². The first-order valence-corrected chi connectivity index (χ1v) is 10.2. The number of carbonyl (C=O) groups excluding carboxylic acids is 3. The molecule has 1 saturated carbocycles. The van der Waals surface area contributed by atoms with Crippen molar-refractivity contribution in [3.05, 3.63) is 0 Å². The van der Waals surface area contributed by atoms with Crippen molar-refractivity contribution < 1.29 is 19.5 Å². The van der Waals surface area contributed by atoms with Gasteiger partial charge in [-0.1, -0.05) is 26.7 Å². The van der Waals surface area contributed by atoms with Crippen molar-refractivity contribution in [2.24, 2.45) is 5.92 Å². The number of urea groups is 1. The van der Waals surface area contributed by atoms with Gasteiger partial charge in [0.25, 0.3) is 5.91 Å². The van der Waals surface area contributed by atoms with Gasteiger partial charge in [0, 0.05) is 32.2 Å². The summed E-state index contributed by atoms with van der Waals surface area (Å²) < 4.78 is 0. The number of hydrogen-bond acceptors (Lipinski definition) is 5. The highest BCUT2D eigenvalue weighted by Gasteiger charge is 2.55. The minimum absolute atomic E-state index is 0.0933. The lowest BCUT2D eigenvalue weighted by Crippen LogP contribution is -2.55. The highest BCUT2D eigenvalue weighted by molar-refractivity contribution is 6.09. The summed E-state index contributed by atoms with van der Waals surface area (Å²) in [6.45, 7) is 6.49. The normalized spacial score (nSPS) is 30.7. The topological polar surface area (TPSA) is 93.2 Å². The summed E-state index contributed by atoms with van der Waals surface area (Å²) in [5, 5.41) is 12.3. The van der Waals surface area contributed by atoms with Crippen molar-refractivity contribution in [1.29, 1.82) is 0 Å². The Labute approximate surface area is 160 Å². The first-order valence-electron chi connectivity index (χ1n) is 10.2. The molecule has 3 fully saturated rings. The van der Waals surface area contributed by atoms with Crippen LogP contribution in [0.3, 0.4) is 0 Å². The van der Waals surface area contributed by atoms with Crippen LogP contribution >= 0.6 is 0 Å². The monoisotopic (exact) mass is 380 g/mol. The molecule has 3 rings (SSSR count). The van der Waals surface area contributed by atoms with Crippen LogP contribution in [0.25, 0.3) is 0 Å². The molecule has 0 aromatic carbocycles. The van der Waals surface area contributed by atoms with Gasteiger partial charge in [-0.05, 0) is 25.2 Å². The van der Waals surface area contributed by atoms with Crippen molar-refractivity contribution in [2.45, 2.75) is 57.5 Å². The van der Waals surface area contributed by atoms with Gasteiger partial charge in [0.1, 0.15) is 12.1 Å². The molecule has 152 valence electrons. The van der Waals surface area contributed by atoms with E-state index in [1.165, 1.54) is 0 Å². The Balaban J connectivity index is 1.58. The predicted molar refractivity (Wildman–Crippen MR) is 99.9 cm³/mol. The lowest BCUT2D eigenvalue weighted by molar-refractivity contribution is -0.141. The molecule has 1 spiro atoms. The summed E-state index contributed by atoms with van der Waals surface area (Å²) in [7, 11) is 0. The predicted octanol–water partition coefficient (Wildman–Crippen LogP) is 0.402. The van der Waals surface area contributed by atoms with Crippen LogP contribution in [0.4, 0.5) is 4.79 Å². The SMILES string of the molecule is CC[C@H](CO)N1CCN(C(=O)CN2C(=O)N[C@@]3(CCCC[C@H]3C)C2=O)CC1. The van der Waals surface area contributed by atoms with Crippen LogP contribution in [0, 0.1) is 5.92 Å². The fraction of sp³-hybridized carbons (Fsp3) is 0.842. The van der Waals surface area contributed by atoms with Crippen LogP contribution < -0.4 is 5.32 Å². The van der Waals surface area contributed by atoms with Gasteiger partial charge >= 0.3 is 6.03 Å². The third kappa shape index (κ3) is 3.69. The molecule has 4 amide bonds. The van der Waals surface area contributed by atoms with E-state index in [1.54, 1.807) is 4.90 Å². The molecule has 0 aromatic heterocycles. The van der Waals surface area contributed by atoms with Crippen molar-refractivity contribution in [3.8, 4) is 0 Å². The van der Waals surface area contributed by atoms with Crippen molar-refractivity contribution >= 4 is 17.8 Å². The Bertz CT molecular complexity index is 586. The zero-order valence-electron chi connectivity index (χ0n) is 16.4. The molecular formula is C19H32N4O4. The smallest absolute Gasteiger partial charge is 0.325 e. The molecule has 2 heterocycles. The molecule has 1 aliphatic carbocycles. The molecule has 3 aliphatic rings. The molecule has 0 bridgehead atoms. The van der Waals surface area contributed by atoms with Gasteiger partial charge in [-0.15, -0.1) is 0 Å². The molecule has 0 aromatic rings. The highest BCUT2D eigenvalue weighted by atomic mass is 16.3. The molecule has 8 heteroatoms. The van der Waals surface area contributed by atoms with E-state index in [0.717, 1.165) is 30.6 Å². The second kappa shape index (κ2) is 8.14. The Morgan fingerprint density at radius 2 is 1.96 bits per heavy atom. The van der Waals surface area contributed by atoms with E-state index in [0.29, 0.717) is 32.6 Å². The van der Waals surface area contributed by atoms with Gasteiger partial charge in [0.05, 0.1) is 6.61 Å². The summed E-state index contributed by atoms with van der Waals surface area (Å²) in [6, 6.07) is -0.312. The van der Waals surface area contributed by atoms with Gasteiger partial charge in [0.2, 0.25) is 5.91 Å². The Kier molecular flexibility index (Phi) is 6.05. The highest BCUT2D eigenvalue weighted by Crippen LogP contribution is 2.38. The van der Waals surface area contributed by atoms with Crippen LogP contribution in [-0.2, 0) is 9.59 Å². The summed E-state index contributed by atoms with van der Waals surface area (Å²) in [5.74, 6) is -0.329. The van der Waals surface area contributed by atoms with E-state index < -0.39 is 11.6 Å². The fourth-order valence-corrected chi connectivity index (χ4v) is 4.71. The number of imide groups is 1. The average Bonchev–Trinajstić information content (AvgIpc) is 2.90. The third-order valence-electron chi connectivity index (χ3n) is 6.66. The number of nitrogens with zero attached hydrogens (tertiary/aromatic N) is 3. The zero-order chi connectivity index (χ0) is 19.6. The lowest BCUT2D eigenvalue weighted by Gasteiger charge is -2.39.